The van der Waals surface area contributed by atoms with E-state index in [0.717, 1.165) is 18.7 Å². The Bertz CT molecular complexity index is 485. The van der Waals surface area contributed by atoms with E-state index < -0.39 is 0 Å². The lowest BCUT2D eigenvalue weighted by atomic mass is 10.2. The van der Waals surface area contributed by atoms with Crippen molar-refractivity contribution in [1.29, 1.82) is 5.26 Å². The zero-order chi connectivity index (χ0) is 12.8. The first-order valence-corrected chi connectivity index (χ1v) is 7.09. The van der Waals surface area contributed by atoms with Crippen molar-refractivity contribution < 1.29 is 0 Å². The normalized spacial score (nSPS) is 14.1. The monoisotopic (exact) mass is 259 g/mol. The highest BCUT2D eigenvalue weighted by atomic mass is 32.1. The van der Waals surface area contributed by atoms with Crippen LogP contribution in [0.1, 0.15) is 29.7 Å². The highest BCUT2D eigenvalue weighted by Crippen LogP contribution is 2.30. The summed E-state index contributed by atoms with van der Waals surface area (Å²) < 4.78 is 0. The number of thiophene rings is 1. The fourth-order valence-corrected chi connectivity index (χ4v) is 2.78. The van der Waals surface area contributed by atoms with Gasteiger partial charge in [0.2, 0.25) is 0 Å². The molecular weight excluding hydrogens is 242 g/mol. The molecule has 0 saturated heterocycles. The van der Waals surface area contributed by atoms with Crippen molar-refractivity contribution in [3.05, 3.63) is 21.9 Å². The lowest BCUT2D eigenvalue weighted by Gasteiger charge is -2.19. The fourth-order valence-electron chi connectivity index (χ4n) is 1.93. The molecule has 1 aromatic heterocycles. The molecule has 18 heavy (non-hydrogen) atoms. The Morgan fingerprint density at radius 1 is 1.50 bits per heavy atom. The fraction of sp³-hybridized carbons (Fsp3) is 0.500. The van der Waals surface area contributed by atoms with E-state index in [4.69, 9.17) is 11.0 Å². The summed E-state index contributed by atoms with van der Waals surface area (Å²) in [5.74, 6) is 6.02. The van der Waals surface area contributed by atoms with Crippen LogP contribution in [0.5, 0.6) is 0 Å². The van der Waals surface area contributed by atoms with Gasteiger partial charge < -0.3 is 5.73 Å². The van der Waals surface area contributed by atoms with Crippen molar-refractivity contribution in [2.75, 3.05) is 13.1 Å². The second kappa shape index (κ2) is 6.56. The quantitative estimate of drug-likeness (QED) is 0.822. The Labute approximate surface area is 112 Å². The van der Waals surface area contributed by atoms with Crippen LogP contribution in [0.25, 0.3) is 0 Å². The van der Waals surface area contributed by atoms with Gasteiger partial charge in [-0.3, -0.25) is 4.90 Å². The Morgan fingerprint density at radius 3 is 3.00 bits per heavy atom. The van der Waals surface area contributed by atoms with E-state index in [0.29, 0.717) is 19.0 Å². The molecule has 1 aromatic rings. The molecule has 3 nitrogen and oxygen atoms in total. The Morgan fingerprint density at radius 2 is 2.33 bits per heavy atom. The van der Waals surface area contributed by atoms with Gasteiger partial charge in [-0.1, -0.05) is 11.8 Å². The molecule has 0 atom stereocenters. The van der Waals surface area contributed by atoms with E-state index in [1.165, 1.54) is 17.7 Å². The van der Waals surface area contributed by atoms with E-state index >= 15 is 0 Å². The molecule has 0 aromatic carbocycles. The van der Waals surface area contributed by atoms with Gasteiger partial charge in [-0.05, 0) is 24.3 Å². The molecule has 0 unspecified atom stereocenters. The Hall–Kier alpha value is -1.33. The Balaban J connectivity index is 2.02. The largest absolute Gasteiger partial charge is 0.320 e. The number of hydrogen-bond donors (Lipinski definition) is 1. The third-order valence-electron chi connectivity index (χ3n) is 2.99. The maximum absolute atomic E-state index is 8.70. The predicted octanol–water partition coefficient (Wildman–Crippen LogP) is 1.94. The number of nitrogens with two attached hydrogens (primary N) is 1. The lowest BCUT2D eigenvalue weighted by Crippen LogP contribution is -2.26. The standard InChI is InChI=1S/C14H17N3S/c15-7-1-3-12-6-10-18-14(12)11-17(9-2-8-16)13-4-5-13/h6,10,13H,2,4-5,7,9,11,15H2. The van der Waals surface area contributed by atoms with Gasteiger partial charge in [0.1, 0.15) is 0 Å². The average Bonchev–Trinajstić information content (AvgIpc) is 3.13. The molecule has 1 aliphatic carbocycles. The third-order valence-corrected chi connectivity index (χ3v) is 3.90. The number of nitriles is 1. The van der Waals surface area contributed by atoms with Crippen LogP contribution in [0, 0.1) is 23.2 Å². The summed E-state index contributed by atoms with van der Waals surface area (Å²) in [4.78, 5) is 3.70. The summed E-state index contributed by atoms with van der Waals surface area (Å²) in [6, 6.07) is 4.96. The number of nitrogens with zero attached hydrogens (tertiary/aromatic N) is 2. The highest BCUT2D eigenvalue weighted by Gasteiger charge is 2.29. The summed E-state index contributed by atoms with van der Waals surface area (Å²) in [6.07, 6.45) is 3.13. The zero-order valence-electron chi connectivity index (χ0n) is 10.4. The van der Waals surface area contributed by atoms with Crippen LogP contribution >= 0.6 is 11.3 Å². The summed E-state index contributed by atoms with van der Waals surface area (Å²) in [6.45, 7) is 2.18. The first kappa shape index (κ1) is 13.1. The molecule has 1 aliphatic rings. The van der Waals surface area contributed by atoms with Crippen LogP contribution < -0.4 is 5.73 Å². The SMILES string of the molecule is N#CCCN(Cc1sccc1C#CCN)C1CC1. The van der Waals surface area contributed by atoms with E-state index in [1.54, 1.807) is 11.3 Å². The highest BCUT2D eigenvalue weighted by molar-refractivity contribution is 7.10. The summed E-state index contributed by atoms with van der Waals surface area (Å²) in [5, 5.41) is 10.8. The number of rotatable bonds is 5. The molecule has 4 heteroatoms. The minimum absolute atomic E-state index is 0.399. The smallest absolute Gasteiger partial charge is 0.0635 e. The topological polar surface area (TPSA) is 53.0 Å². The van der Waals surface area contributed by atoms with Crippen molar-refractivity contribution >= 4 is 11.3 Å². The molecule has 0 aliphatic heterocycles. The van der Waals surface area contributed by atoms with Crippen LogP contribution in [-0.2, 0) is 6.54 Å². The number of hydrogen-bond acceptors (Lipinski definition) is 4. The second-order valence-corrected chi connectivity index (χ2v) is 5.37. The molecule has 0 amide bonds. The van der Waals surface area contributed by atoms with Gasteiger partial charge >= 0.3 is 0 Å². The van der Waals surface area contributed by atoms with Crippen LogP contribution in [0.2, 0.25) is 0 Å². The maximum atomic E-state index is 8.70. The second-order valence-electron chi connectivity index (χ2n) is 4.37. The lowest BCUT2D eigenvalue weighted by molar-refractivity contribution is 0.263. The molecular formula is C14H17N3S. The van der Waals surface area contributed by atoms with E-state index in [9.17, 15) is 0 Å². The molecule has 2 rings (SSSR count). The van der Waals surface area contributed by atoms with E-state index in [-0.39, 0.29) is 0 Å². The van der Waals surface area contributed by atoms with Gasteiger partial charge in [-0.15, -0.1) is 11.3 Å². The molecule has 0 radical (unpaired) electrons. The van der Waals surface area contributed by atoms with Gasteiger partial charge in [0.25, 0.3) is 0 Å². The molecule has 1 saturated carbocycles. The zero-order valence-corrected chi connectivity index (χ0v) is 11.2. The van der Waals surface area contributed by atoms with Crippen LogP contribution in [0.15, 0.2) is 11.4 Å². The van der Waals surface area contributed by atoms with E-state index in [1.807, 2.05) is 0 Å². The first-order chi connectivity index (χ1) is 8.85. The van der Waals surface area contributed by atoms with Gasteiger partial charge in [0, 0.05) is 36.0 Å². The van der Waals surface area contributed by atoms with Crippen molar-refractivity contribution in [2.24, 2.45) is 5.73 Å². The minimum Gasteiger partial charge on any atom is -0.320 e. The van der Waals surface area contributed by atoms with Crippen molar-refractivity contribution in [3.8, 4) is 17.9 Å². The molecule has 2 N–H and O–H groups in total. The van der Waals surface area contributed by atoms with Crippen molar-refractivity contribution in [2.45, 2.75) is 31.8 Å². The summed E-state index contributed by atoms with van der Waals surface area (Å²) >= 11 is 1.74. The molecule has 1 fully saturated rings. The molecule has 1 heterocycles. The van der Waals surface area contributed by atoms with Gasteiger partial charge in [0.15, 0.2) is 0 Å². The van der Waals surface area contributed by atoms with E-state index in [2.05, 4.69) is 34.3 Å². The van der Waals surface area contributed by atoms with Crippen LogP contribution in [-0.4, -0.2) is 24.0 Å². The predicted molar refractivity (Wildman–Crippen MR) is 73.9 cm³/mol. The van der Waals surface area contributed by atoms with Crippen molar-refractivity contribution in [1.82, 2.24) is 4.90 Å². The average molecular weight is 259 g/mol. The summed E-state index contributed by atoms with van der Waals surface area (Å²) in [5.41, 5.74) is 6.49. The maximum Gasteiger partial charge on any atom is 0.0635 e. The van der Waals surface area contributed by atoms with Crippen LogP contribution in [0.3, 0.4) is 0 Å². The molecule has 0 spiro atoms. The summed E-state index contributed by atoms with van der Waals surface area (Å²) in [7, 11) is 0. The minimum atomic E-state index is 0.399. The van der Waals surface area contributed by atoms with Gasteiger partial charge in [-0.25, -0.2) is 0 Å². The van der Waals surface area contributed by atoms with Crippen LogP contribution in [0.4, 0.5) is 0 Å². The van der Waals surface area contributed by atoms with Crippen molar-refractivity contribution in [3.63, 3.8) is 0 Å². The third kappa shape index (κ3) is 3.58. The van der Waals surface area contributed by atoms with Gasteiger partial charge in [-0.2, -0.15) is 5.26 Å². The van der Waals surface area contributed by atoms with Gasteiger partial charge in [0.05, 0.1) is 12.6 Å². The molecule has 94 valence electrons. The molecule has 0 bridgehead atoms. The Kier molecular flexibility index (Phi) is 4.78. The first-order valence-electron chi connectivity index (χ1n) is 6.21.